The van der Waals surface area contributed by atoms with Gasteiger partial charge in [-0.2, -0.15) is 26.3 Å². The van der Waals surface area contributed by atoms with Crippen molar-refractivity contribution in [3.8, 4) is 16.9 Å². The lowest BCUT2D eigenvalue weighted by Crippen LogP contribution is -2.17. The van der Waals surface area contributed by atoms with E-state index in [1.807, 2.05) is 0 Å². The Hall–Kier alpha value is -3.56. The monoisotopic (exact) mass is 451 g/mol. The molecule has 0 amide bonds. The third kappa shape index (κ3) is 4.68. The van der Waals surface area contributed by atoms with Gasteiger partial charge in [0.05, 0.1) is 17.7 Å². The number of halogens is 6. The van der Waals surface area contributed by atoms with Gasteiger partial charge in [0, 0.05) is 0 Å². The van der Waals surface area contributed by atoms with Gasteiger partial charge in [0.25, 0.3) is 0 Å². The highest BCUT2D eigenvalue weighted by Gasteiger charge is 2.33. The van der Waals surface area contributed by atoms with Crippen LogP contribution in [0.5, 0.6) is 5.75 Å². The summed E-state index contributed by atoms with van der Waals surface area (Å²) in [7, 11) is 0. The lowest BCUT2D eigenvalue weighted by Gasteiger charge is -2.14. The maximum Gasteiger partial charge on any atom is 0.433 e. The van der Waals surface area contributed by atoms with Gasteiger partial charge < -0.3 is 10.1 Å². The number of rotatable bonds is 2. The molecule has 0 unspecified atom stereocenters. The first-order valence-electron chi connectivity index (χ1n) is 9.42. The number of fused-ring (bicyclic) bond motifs is 1. The molecule has 0 saturated carbocycles. The van der Waals surface area contributed by atoms with Gasteiger partial charge in [-0.3, -0.25) is 4.99 Å². The molecule has 0 saturated heterocycles. The van der Waals surface area contributed by atoms with E-state index in [2.05, 4.69) is 15.3 Å². The van der Waals surface area contributed by atoms with Gasteiger partial charge in [-0.1, -0.05) is 24.3 Å². The second-order valence-corrected chi connectivity index (χ2v) is 6.90. The van der Waals surface area contributed by atoms with E-state index in [1.54, 1.807) is 18.2 Å². The molecule has 0 bridgehead atoms. The molecule has 2 aromatic carbocycles. The van der Waals surface area contributed by atoms with Crippen LogP contribution < -0.4 is 10.1 Å². The number of anilines is 1. The molecule has 10 heteroatoms. The zero-order chi connectivity index (χ0) is 22.9. The SMILES string of the molecule is FC(F)(F)c1ccc(-c2ccc3c(c2)C(Nc2cccc(C(F)(F)F)n2)=NCCO3)cc1. The molecule has 0 atom stereocenters. The first-order chi connectivity index (χ1) is 15.1. The molecule has 4 rings (SSSR count). The average molecular weight is 451 g/mol. The van der Waals surface area contributed by atoms with Crippen molar-refractivity contribution in [3.05, 3.63) is 77.5 Å². The minimum atomic E-state index is -4.60. The number of hydrogen-bond acceptors (Lipinski definition) is 4. The predicted molar refractivity (Wildman–Crippen MR) is 107 cm³/mol. The van der Waals surface area contributed by atoms with Crippen LogP contribution in [-0.2, 0) is 12.4 Å². The van der Waals surface area contributed by atoms with Crippen LogP contribution in [0, 0.1) is 0 Å². The lowest BCUT2D eigenvalue weighted by molar-refractivity contribution is -0.141. The Balaban J connectivity index is 1.68. The van der Waals surface area contributed by atoms with Crippen LogP contribution in [0.25, 0.3) is 11.1 Å². The van der Waals surface area contributed by atoms with Crippen molar-refractivity contribution in [1.29, 1.82) is 0 Å². The van der Waals surface area contributed by atoms with Crippen LogP contribution in [0.2, 0.25) is 0 Å². The van der Waals surface area contributed by atoms with Crippen LogP contribution in [0.4, 0.5) is 32.2 Å². The summed E-state index contributed by atoms with van der Waals surface area (Å²) in [6.45, 7) is 0.513. The standard InChI is InChI=1S/C22H15F6N3O/c23-21(24,25)15-7-4-13(5-8-15)14-6-9-17-16(12-14)20(29-10-11-32-17)31-19-3-1-2-18(30-19)22(26,27)28/h1-9,12H,10-11H2,(H,29,30,31). The highest BCUT2D eigenvalue weighted by Crippen LogP contribution is 2.33. The average Bonchev–Trinajstić information content (AvgIpc) is 2.95. The first kappa shape index (κ1) is 21.7. The number of ether oxygens (including phenoxy) is 1. The second kappa shape index (κ2) is 8.18. The topological polar surface area (TPSA) is 46.5 Å². The maximum absolute atomic E-state index is 13.0. The van der Waals surface area contributed by atoms with Crippen molar-refractivity contribution < 1.29 is 31.1 Å². The number of aromatic nitrogens is 1. The van der Waals surface area contributed by atoms with Gasteiger partial charge >= 0.3 is 12.4 Å². The normalized spacial score (nSPS) is 14.1. The zero-order valence-corrected chi connectivity index (χ0v) is 16.3. The Labute approximate surface area is 178 Å². The third-order valence-corrected chi connectivity index (χ3v) is 4.69. The minimum Gasteiger partial charge on any atom is -0.491 e. The van der Waals surface area contributed by atoms with E-state index < -0.39 is 23.6 Å². The molecular weight excluding hydrogens is 436 g/mol. The zero-order valence-electron chi connectivity index (χ0n) is 16.3. The third-order valence-electron chi connectivity index (χ3n) is 4.69. The molecule has 1 N–H and O–H groups in total. The lowest BCUT2D eigenvalue weighted by atomic mass is 10.0. The molecule has 0 fully saturated rings. The van der Waals surface area contributed by atoms with Crippen LogP contribution in [0.3, 0.4) is 0 Å². The molecule has 0 aliphatic carbocycles. The Morgan fingerprint density at radius 1 is 0.812 bits per heavy atom. The van der Waals surface area contributed by atoms with Crippen molar-refractivity contribution in [2.75, 3.05) is 18.5 Å². The molecule has 3 aromatic rings. The number of nitrogens with zero attached hydrogens (tertiary/aromatic N) is 2. The van der Waals surface area contributed by atoms with E-state index in [9.17, 15) is 26.3 Å². The van der Waals surface area contributed by atoms with Crippen molar-refractivity contribution in [2.24, 2.45) is 4.99 Å². The number of pyridine rings is 1. The van der Waals surface area contributed by atoms with Gasteiger partial charge in [0.2, 0.25) is 0 Å². The fourth-order valence-corrected chi connectivity index (χ4v) is 3.16. The van der Waals surface area contributed by atoms with Crippen molar-refractivity contribution in [3.63, 3.8) is 0 Å². The van der Waals surface area contributed by atoms with Gasteiger partial charge in [-0.25, -0.2) is 4.98 Å². The summed E-state index contributed by atoms with van der Waals surface area (Å²) in [6, 6.07) is 13.1. The van der Waals surface area contributed by atoms with Gasteiger partial charge in [0.15, 0.2) is 0 Å². The fraction of sp³-hybridized carbons (Fsp3) is 0.182. The van der Waals surface area contributed by atoms with Gasteiger partial charge in [0.1, 0.15) is 29.7 Å². The smallest absolute Gasteiger partial charge is 0.433 e. The quantitative estimate of drug-likeness (QED) is 0.484. The summed E-state index contributed by atoms with van der Waals surface area (Å²) in [4.78, 5) is 7.93. The van der Waals surface area contributed by atoms with Crippen molar-refractivity contribution in [2.45, 2.75) is 12.4 Å². The Morgan fingerprint density at radius 3 is 2.22 bits per heavy atom. The molecule has 0 spiro atoms. The highest BCUT2D eigenvalue weighted by molar-refractivity contribution is 6.10. The van der Waals surface area contributed by atoms with Crippen LogP contribution in [-0.4, -0.2) is 24.0 Å². The summed E-state index contributed by atoms with van der Waals surface area (Å²) in [5.74, 6) is 0.640. The summed E-state index contributed by atoms with van der Waals surface area (Å²) in [5, 5.41) is 2.81. The molecule has 1 aliphatic heterocycles. The predicted octanol–water partition coefficient (Wildman–Crippen LogP) is 6.04. The number of aliphatic imine (C=N–C) groups is 1. The van der Waals surface area contributed by atoms with E-state index in [-0.39, 0.29) is 24.8 Å². The number of amidine groups is 1. The number of alkyl halides is 6. The second-order valence-electron chi connectivity index (χ2n) is 6.90. The Bertz CT molecular complexity index is 1150. The molecule has 1 aliphatic rings. The first-order valence-corrected chi connectivity index (χ1v) is 9.42. The van der Waals surface area contributed by atoms with Crippen LogP contribution in [0.15, 0.2) is 65.7 Å². The summed E-state index contributed by atoms with van der Waals surface area (Å²) in [6.07, 6.45) is -9.04. The van der Waals surface area contributed by atoms with E-state index in [0.29, 0.717) is 22.4 Å². The van der Waals surface area contributed by atoms with Crippen molar-refractivity contribution >= 4 is 11.7 Å². The Kier molecular flexibility index (Phi) is 5.53. The molecule has 32 heavy (non-hydrogen) atoms. The molecular formula is C22H15F6N3O. The number of benzene rings is 2. The van der Waals surface area contributed by atoms with E-state index in [4.69, 9.17) is 4.74 Å². The summed E-state index contributed by atoms with van der Waals surface area (Å²) in [5.41, 5.74) is -0.235. The highest BCUT2D eigenvalue weighted by atomic mass is 19.4. The molecule has 166 valence electrons. The van der Waals surface area contributed by atoms with E-state index in [1.165, 1.54) is 24.3 Å². The summed E-state index contributed by atoms with van der Waals surface area (Å²) >= 11 is 0. The molecule has 2 heterocycles. The number of nitrogens with one attached hydrogen (secondary N) is 1. The Morgan fingerprint density at radius 2 is 1.53 bits per heavy atom. The maximum atomic E-state index is 13.0. The fourth-order valence-electron chi connectivity index (χ4n) is 3.16. The van der Waals surface area contributed by atoms with Gasteiger partial charge in [-0.05, 0) is 47.5 Å². The minimum absolute atomic E-state index is 0.0497. The van der Waals surface area contributed by atoms with Crippen molar-refractivity contribution in [1.82, 2.24) is 4.98 Å². The molecule has 4 nitrogen and oxygen atoms in total. The summed E-state index contributed by atoms with van der Waals surface area (Å²) < 4.78 is 83.1. The largest absolute Gasteiger partial charge is 0.491 e. The van der Waals surface area contributed by atoms with Crippen LogP contribution >= 0.6 is 0 Å². The van der Waals surface area contributed by atoms with Gasteiger partial charge in [-0.15, -0.1) is 0 Å². The van der Waals surface area contributed by atoms with E-state index in [0.717, 1.165) is 18.2 Å². The van der Waals surface area contributed by atoms with E-state index >= 15 is 0 Å². The molecule has 1 aromatic heterocycles. The van der Waals surface area contributed by atoms with Crippen LogP contribution in [0.1, 0.15) is 16.8 Å². The molecule has 0 radical (unpaired) electrons. The number of hydrogen-bond donors (Lipinski definition) is 1.